The van der Waals surface area contributed by atoms with Gasteiger partial charge in [0.2, 0.25) is 0 Å². The molecule has 242 valence electrons. The highest BCUT2D eigenvalue weighted by Gasteiger charge is 2.25. The second-order valence-corrected chi connectivity index (χ2v) is 11.3. The largest absolute Gasteiger partial charge is 0.493 e. The average Bonchev–Trinajstić information content (AvgIpc) is 3.05. The van der Waals surface area contributed by atoms with E-state index in [1.807, 2.05) is 19.9 Å². The lowest BCUT2D eigenvalue weighted by Crippen LogP contribution is -2.30. The third kappa shape index (κ3) is 6.51. The van der Waals surface area contributed by atoms with Crippen molar-refractivity contribution in [3.8, 4) is 44.9 Å². The normalized spacial score (nSPS) is 11.7. The van der Waals surface area contributed by atoms with Crippen molar-refractivity contribution in [1.29, 1.82) is 0 Å². The van der Waals surface area contributed by atoms with Crippen molar-refractivity contribution < 1.29 is 23.0 Å². The number of nitrogens with two attached hydrogens (primary N) is 2. The fraction of sp³-hybridized carbons (Fsp3) is 0.194. The number of methoxy groups -OCH3 is 2. The van der Waals surface area contributed by atoms with Crippen LogP contribution in [0.15, 0.2) is 83.9 Å². The van der Waals surface area contributed by atoms with Gasteiger partial charge in [0.05, 0.1) is 25.8 Å². The van der Waals surface area contributed by atoms with Gasteiger partial charge < -0.3 is 30.8 Å². The standard InChI is InChI=1S/C36H35F2N5O4/c1-19(2)43-18-28(34(44)32(33(43)36(40)45)21-6-9-24(37)10-7-21)20(3)42-25-11-12-26(29(38)16-25)27-14-23(17-41-35(27)39)22-8-13-30(46-4)31(15-22)47-5/h6-20,42H,1-5H3,(H2,39,41)(H2,40,45). The first-order valence-corrected chi connectivity index (χ1v) is 14.8. The van der Waals surface area contributed by atoms with Crippen LogP contribution >= 0.6 is 0 Å². The van der Waals surface area contributed by atoms with E-state index in [1.54, 1.807) is 68.4 Å². The van der Waals surface area contributed by atoms with Gasteiger partial charge in [0.15, 0.2) is 16.9 Å². The number of rotatable bonds is 10. The van der Waals surface area contributed by atoms with E-state index in [4.69, 9.17) is 20.9 Å². The zero-order valence-electron chi connectivity index (χ0n) is 26.6. The number of nitrogens with zero attached hydrogens (tertiary/aromatic N) is 2. The summed E-state index contributed by atoms with van der Waals surface area (Å²) in [6, 6.07) is 16.2. The van der Waals surface area contributed by atoms with Crippen molar-refractivity contribution in [3.63, 3.8) is 0 Å². The van der Waals surface area contributed by atoms with Gasteiger partial charge in [0, 0.05) is 46.4 Å². The maximum atomic E-state index is 15.7. The average molecular weight is 640 g/mol. The van der Waals surface area contributed by atoms with E-state index in [-0.39, 0.29) is 28.7 Å². The molecule has 0 aliphatic carbocycles. The fourth-order valence-electron chi connectivity index (χ4n) is 5.52. The molecule has 1 amide bonds. The minimum Gasteiger partial charge on any atom is -0.493 e. The number of carbonyl (C=O) groups is 1. The summed E-state index contributed by atoms with van der Waals surface area (Å²) in [5.41, 5.74) is 14.7. The molecule has 0 fully saturated rings. The third-order valence-corrected chi connectivity index (χ3v) is 7.93. The highest BCUT2D eigenvalue weighted by molar-refractivity contribution is 5.98. The molecule has 0 saturated heterocycles. The molecule has 5 aromatic rings. The Balaban J connectivity index is 1.50. The number of nitrogen functional groups attached to an aromatic ring is 1. The number of benzene rings is 3. The van der Waals surface area contributed by atoms with Crippen LogP contribution in [0.3, 0.4) is 0 Å². The van der Waals surface area contributed by atoms with Crippen molar-refractivity contribution in [2.24, 2.45) is 5.73 Å². The van der Waals surface area contributed by atoms with E-state index >= 15 is 4.39 Å². The molecule has 0 saturated carbocycles. The van der Waals surface area contributed by atoms with E-state index in [0.717, 1.165) is 5.56 Å². The summed E-state index contributed by atoms with van der Waals surface area (Å²) in [6.07, 6.45) is 3.18. The Bertz CT molecular complexity index is 2030. The molecule has 2 aromatic heterocycles. The van der Waals surface area contributed by atoms with Crippen molar-refractivity contribution in [2.45, 2.75) is 32.9 Å². The van der Waals surface area contributed by atoms with Crippen LogP contribution in [0.1, 0.15) is 48.9 Å². The molecule has 1 atom stereocenters. The number of anilines is 2. The number of carbonyl (C=O) groups excluding carboxylic acids is 1. The Morgan fingerprint density at radius 1 is 0.872 bits per heavy atom. The van der Waals surface area contributed by atoms with Crippen LogP contribution in [-0.2, 0) is 0 Å². The van der Waals surface area contributed by atoms with Gasteiger partial charge in [-0.15, -0.1) is 0 Å². The van der Waals surface area contributed by atoms with Crippen LogP contribution in [-0.4, -0.2) is 29.7 Å². The number of amides is 1. The Hall–Kier alpha value is -5.71. The number of hydrogen-bond acceptors (Lipinski definition) is 7. The molecule has 47 heavy (non-hydrogen) atoms. The summed E-state index contributed by atoms with van der Waals surface area (Å²) in [5, 5.41) is 3.19. The van der Waals surface area contributed by atoms with E-state index in [1.165, 1.54) is 30.3 Å². The molecule has 1 unspecified atom stereocenters. The topological polar surface area (TPSA) is 134 Å². The van der Waals surface area contributed by atoms with E-state index < -0.39 is 29.0 Å². The van der Waals surface area contributed by atoms with Crippen LogP contribution in [0.4, 0.5) is 20.3 Å². The maximum Gasteiger partial charge on any atom is 0.266 e. The zero-order chi connectivity index (χ0) is 34.0. The van der Waals surface area contributed by atoms with Crippen molar-refractivity contribution in [1.82, 2.24) is 9.55 Å². The number of hydrogen-bond donors (Lipinski definition) is 3. The van der Waals surface area contributed by atoms with Crippen molar-refractivity contribution in [3.05, 3.63) is 112 Å². The molecular weight excluding hydrogens is 604 g/mol. The molecule has 0 spiro atoms. The number of nitrogens with one attached hydrogen (secondary N) is 1. The van der Waals surface area contributed by atoms with Crippen LogP contribution in [0.2, 0.25) is 0 Å². The molecule has 0 aliphatic heterocycles. The van der Waals surface area contributed by atoms with E-state index in [0.29, 0.717) is 39.4 Å². The first-order chi connectivity index (χ1) is 22.4. The molecule has 0 aliphatic rings. The number of aromatic nitrogens is 2. The van der Waals surface area contributed by atoms with Gasteiger partial charge in [-0.3, -0.25) is 9.59 Å². The quantitative estimate of drug-likeness (QED) is 0.150. The lowest BCUT2D eigenvalue weighted by molar-refractivity contribution is 0.0989. The first-order valence-electron chi connectivity index (χ1n) is 14.8. The van der Waals surface area contributed by atoms with Gasteiger partial charge in [-0.1, -0.05) is 18.2 Å². The smallest absolute Gasteiger partial charge is 0.266 e. The molecule has 9 nitrogen and oxygen atoms in total. The van der Waals surface area contributed by atoms with Crippen LogP contribution in [0.5, 0.6) is 11.5 Å². The minimum absolute atomic E-state index is 0.0180. The molecular formula is C36H35F2N5O4. The van der Waals surface area contributed by atoms with Crippen LogP contribution in [0, 0.1) is 11.6 Å². The number of halogens is 2. The van der Waals surface area contributed by atoms with Crippen molar-refractivity contribution in [2.75, 3.05) is 25.3 Å². The minimum atomic E-state index is -0.788. The SMILES string of the molecule is COc1ccc(-c2cnc(N)c(-c3ccc(NC(C)c4cn(C(C)C)c(C(N)=O)c(-c5ccc(F)cc5)c4=O)cc3F)c2)cc1OC. The Morgan fingerprint density at radius 2 is 1.55 bits per heavy atom. The molecule has 3 aromatic carbocycles. The summed E-state index contributed by atoms with van der Waals surface area (Å²) in [4.78, 5) is 30.8. The Kier molecular flexibility index (Phi) is 9.27. The number of pyridine rings is 2. The summed E-state index contributed by atoms with van der Waals surface area (Å²) in [6.45, 7) is 5.45. The predicted octanol–water partition coefficient (Wildman–Crippen LogP) is 6.97. The van der Waals surface area contributed by atoms with Gasteiger partial charge in [0.25, 0.3) is 5.91 Å². The second-order valence-electron chi connectivity index (χ2n) is 11.3. The Labute approximate surface area is 270 Å². The molecule has 11 heteroatoms. The van der Waals surface area contributed by atoms with E-state index in [2.05, 4.69) is 10.3 Å². The maximum absolute atomic E-state index is 15.7. The van der Waals surface area contributed by atoms with Crippen molar-refractivity contribution >= 4 is 17.4 Å². The molecule has 5 N–H and O–H groups in total. The highest BCUT2D eigenvalue weighted by atomic mass is 19.1. The van der Waals surface area contributed by atoms with Gasteiger partial charge in [-0.25, -0.2) is 13.8 Å². The van der Waals surface area contributed by atoms with Gasteiger partial charge in [-0.05, 0) is 80.4 Å². The molecule has 0 radical (unpaired) electrons. The second kappa shape index (κ2) is 13.3. The first kappa shape index (κ1) is 32.7. The lowest BCUT2D eigenvalue weighted by Gasteiger charge is -2.23. The molecule has 0 bridgehead atoms. The van der Waals surface area contributed by atoms with Gasteiger partial charge in [-0.2, -0.15) is 0 Å². The number of ether oxygens (including phenoxy) is 2. The summed E-state index contributed by atoms with van der Waals surface area (Å²) in [5.74, 6) is -0.574. The highest BCUT2D eigenvalue weighted by Crippen LogP contribution is 2.36. The summed E-state index contributed by atoms with van der Waals surface area (Å²) in [7, 11) is 3.09. The van der Waals surface area contributed by atoms with Crippen LogP contribution < -0.4 is 31.7 Å². The summed E-state index contributed by atoms with van der Waals surface area (Å²) >= 11 is 0. The molecule has 2 heterocycles. The summed E-state index contributed by atoms with van der Waals surface area (Å²) < 4.78 is 41.8. The fourth-order valence-corrected chi connectivity index (χ4v) is 5.52. The third-order valence-electron chi connectivity index (χ3n) is 7.93. The van der Waals surface area contributed by atoms with Crippen LogP contribution in [0.25, 0.3) is 33.4 Å². The molecule has 5 rings (SSSR count). The van der Waals surface area contributed by atoms with Gasteiger partial charge in [0.1, 0.15) is 23.1 Å². The van der Waals surface area contributed by atoms with Gasteiger partial charge >= 0.3 is 0 Å². The monoisotopic (exact) mass is 639 g/mol. The Morgan fingerprint density at radius 3 is 2.17 bits per heavy atom. The zero-order valence-corrected chi connectivity index (χ0v) is 26.6. The predicted molar refractivity (Wildman–Crippen MR) is 180 cm³/mol. The van der Waals surface area contributed by atoms with E-state index in [9.17, 15) is 14.0 Å². The lowest BCUT2D eigenvalue weighted by atomic mass is 9.97. The number of primary amides is 1.